The van der Waals surface area contributed by atoms with E-state index in [1.165, 1.54) is 0 Å². The van der Waals surface area contributed by atoms with Crippen LogP contribution in [-0.2, 0) is 17.8 Å². The summed E-state index contributed by atoms with van der Waals surface area (Å²) in [5, 5.41) is 13.1. The van der Waals surface area contributed by atoms with E-state index in [1.807, 2.05) is 45.9 Å². The van der Waals surface area contributed by atoms with Crippen molar-refractivity contribution in [1.29, 1.82) is 0 Å². The lowest BCUT2D eigenvalue weighted by Gasteiger charge is -2.36. The van der Waals surface area contributed by atoms with Gasteiger partial charge in [-0.05, 0) is 51.0 Å². The molecule has 0 spiro atoms. The highest BCUT2D eigenvalue weighted by molar-refractivity contribution is 6.30. The molecule has 0 aliphatic carbocycles. The number of urea groups is 1. The molecule has 2 saturated heterocycles. The van der Waals surface area contributed by atoms with Crippen molar-refractivity contribution >= 4 is 23.7 Å². The fourth-order valence-electron chi connectivity index (χ4n) is 4.21. The molecule has 2 aliphatic heterocycles. The van der Waals surface area contributed by atoms with Crippen molar-refractivity contribution in [3.63, 3.8) is 0 Å². The quantitative estimate of drug-likeness (QED) is 0.701. The second kappa shape index (κ2) is 8.83. The summed E-state index contributed by atoms with van der Waals surface area (Å²) < 4.78 is 5.29. The number of ether oxygens (including phenoxy) is 1. The van der Waals surface area contributed by atoms with Crippen LogP contribution in [0, 0.1) is 0 Å². The van der Waals surface area contributed by atoms with Gasteiger partial charge in [-0.2, -0.15) is 4.79 Å². The third-order valence-electron chi connectivity index (χ3n) is 5.90. The Bertz CT molecular complexity index is 804. The van der Waals surface area contributed by atoms with Crippen molar-refractivity contribution < 1.29 is 23.9 Å². The van der Waals surface area contributed by atoms with Gasteiger partial charge in [-0.15, -0.1) is 4.48 Å². The molecule has 1 unspecified atom stereocenters. The van der Waals surface area contributed by atoms with Crippen LogP contribution in [0.5, 0.6) is 0 Å². The molecule has 2 N–H and O–H groups in total. The van der Waals surface area contributed by atoms with Crippen LogP contribution in [0.4, 0.5) is 9.59 Å². The number of β-amino-alcohol motifs (C(OH)–C–C–N with tert-alkyl or cyclic N) is 1. The van der Waals surface area contributed by atoms with E-state index >= 15 is 0 Å². The van der Waals surface area contributed by atoms with Gasteiger partial charge in [-0.1, -0.05) is 17.7 Å². The number of hydrogen-bond acceptors (Lipinski definition) is 5. The van der Waals surface area contributed by atoms with Gasteiger partial charge < -0.3 is 15.2 Å². The molecule has 8 heteroatoms. The molecular weight excluding hydrogens is 406 g/mol. The maximum Gasteiger partial charge on any atom is 0.525 e. The smallest absolute Gasteiger partial charge is 0.414 e. The Labute approximate surface area is 183 Å². The number of aliphatic hydroxyl groups excluding tert-OH is 1. The highest BCUT2D eigenvalue weighted by atomic mass is 35.5. The number of rotatable bonds is 4. The summed E-state index contributed by atoms with van der Waals surface area (Å²) in [4.78, 5) is 28.5. The van der Waals surface area contributed by atoms with Crippen molar-refractivity contribution in [2.24, 2.45) is 0 Å². The molecule has 2 aliphatic rings. The number of halogens is 1. The summed E-state index contributed by atoms with van der Waals surface area (Å²) >= 11 is 6.20. The van der Waals surface area contributed by atoms with Crippen LogP contribution in [0.15, 0.2) is 18.2 Å². The van der Waals surface area contributed by atoms with E-state index in [2.05, 4.69) is 10.2 Å². The molecule has 30 heavy (non-hydrogen) atoms. The highest BCUT2D eigenvalue weighted by Crippen LogP contribution is 2.31. The first-order chi connectivity index (χ1) is 14.0. The summed E-state index contributed by atoms with van der Waals surface area (Å²) in [5.41, 5.74) is 1.30. The molecule has 1 aromatic rings. The predicted molar refractivity (Wildman–Crippen MR) is 115 cm³/mol. The Morgan fingerprint density at radius 1 is 1.30 bits per heavy atom. The average Bonchev–Trinajstić information content (AvgIpc) is 3.01. The molecule has 3 rings (SSSR count). The number of hydrogen-bond donors (Lipinski definition) is 2. The summed E-state index contributed by atoms with van der Waals surface area (Å²) in [7, 11) is 0. The number of quaternary nitrogens is 1. The Balaban J connectivity index is 1.74. The molecule has 0 bridgehead atoms. The SMILES string of the molecule is C[C@@H]1CCC[N+]1(C(=O)NCc1cc(Cl)ccc1CN1CC(O)C1)C(=O)OC(C)(C)C. The van der Waals surface area contributed by atoms with Crippen molar-refractivity contribution in [2.75, 3.05) is 19.6 Å². The third-order valence-corrected chi connectivity index (χ3v) is 6.13. The summed E-state index contributed by atoms with van der Waals surface area (Å²) in [6.45, 7) is 10.0. The summed E-state index contributed by atoms with van der Waals surface area (Å²) in [5.74, 6) is 0. The van der Waals surface area contributed by atoms with Crippen LogP contribution in [0.1, 0.15) is 51.7 Å². The molecule has 166 valence electrons. The second-order valence-corrected chi connectivity index (χ2v) is 9.92. The zero-order valence-corrected chi connectivity index (χ0v) is 19.0. The molecule has 2 heterocycles. The van der Waals surface area contributed by atoms with Crippen LogP contribution in [0.25, 0.3) is 0 Å². The molecular formula is C22H33ClN3O4+. The van der Waals surface area contributed by atoms with Crippen molar-refractivity contribution in [1.82, 2.24) is 10.2 Å². The molecule has 3 amide bonds. The number of carbonyl (C=O) groups is 2. The van der Waals surface area contributed by atoms with Gasteiger partial charge in [-0.25, -0.2) is 4.79 Å². The Morgan fingerprint density at radius 2 is 2.00 bits per heavy atom. The van der Waals surface area contributed by atoms with Gasteiger partial charge in [0.2, 0.25) is 0 Å². The van der Waals surface area contributed by atoms with E-state index < -0.39 is 11.7 Å². The van der Waals surface area contributed by atoms with E-state index in [1.54, 1.807) is 0 Å². The van der Waals surface area contributed by atoms with Gasteiger partial charge in [-0.3, -0.25) is 4.90 Å². The molecule has 0 saturated carbocycles. The van der Waals surface area contributed by atoms with Crippen molar-refractivity contribution in [3.8, 4) is 0 Å². The zero-order chi connectivity index (χ0) is 22.1. The monoisotopic (exact) mass is 438 g/mol. The van der Waals surface area contributed by atoms with E-state index in [0.29, 0.717) is 31.2 Å². The van der Waals surface area contributed by atoms with E-state index in [4.69, 9.17) is 16.3 Å². The fraction of sp³-hybridized carbons (Fsp3) is 0.636. The molecule has 2 fully saturated rings. The lowest BCUT2D eigenvalue weighted by Crippen LogP contribution is -2.63. The van der Waals surface area contributed by atoms with Gasteiger partial charge in [0.15, 0.2) is 0 Å². The molecule has 0 radical (unpaired) electrons. The first-order valence-electron chi connectivity index (χ1n) is 10.6. The van der Waals surface area contributed by atoms with Crippen LogP contribution in [-0.4, -0.2) is 64.0 Å². The van der Waals surface area contributed by atoms with Crippen LogP contribution >= 0.6 is 11.6 Å². The molecule has 2 atom stereocenters. The first kappa shape index (κ1) is 23.0. The predicted octanol–water partition coefficient (Wildman–Crippen LogP) is 3.66. The van der Waals surface area contributed by atoms with Gasteiger partial charge in [0.25, 0.3) is 0 Å². The van der Waals surface area contributed by atoms with Crippen molar-refractivity contribution in [2.45, 2.75) is 71.4 Å². The van der Waals surface area contributed by atoms with Crippen LogP contribution in [0.3, 0.4) is 0 Å². The molecule has 0 aromatic heterocycles. The average molecular weight is 439 g/mol. The van der Waals surface area contributed by atoms with E-state index in [9.17, 15) is 14.7 Å². The normalized spacial score (nSPS) is 25.1. The Hall–Kier alpha value is -1.67. The fourth-order valence-corrected chi connectivity index (χ4v) is 4.41. The molecule has 1 aromatic carbocycles. The minimum atomic E-state index is -0.660. The van der Waals surface area contributed by atoms with E-state index in [0.717, 1.165) is 24.0 Å². The number of imide groups is 1. The number of nitrogens with one attached hydrogen (secondary N) is 1. The second-order valence-electron chi connectivity index (χ2n) is 9.48. The summed E-state index contributed by atoms with van der Waals surface area (Å²) in [6.07, 6.45) is 0.834. The third kappa shape index (κ3) is 4.97. The maximum atomic E-state index is 13.3. The number of benzene rings is 1. The minimum Gasteiger partial charge on any atom is -0.414 e. The largest absolute Gasteiger partial charge is 0.525 e. The van der Waals surface area contributed by atoms with Crippen LogP contribution < -0.4 is 5.32 Å². The van der Waals surface area contributed by atoms with Gasteiger partial charge in [0, 0.05) is 44.0 Å². The number of aliphatic hydroxyl groups is 1. The number of amides is 3. The number of carbonyl (C=O) groups excluding carboxylic acids is 2. The van der Waals surface area contributed by atoms with Gasteiger partial charge in [0.1, 0.15) is 11.6 Å². The van der Waals surface area contributed by atoms with Gasteiger partial charge in [0.05, 0.1) is 12.6 Å². The zero-order valence-electron chi connectivity index (χ0n) is 18.3. The minimum absolute atomic E-state index is 0.138. The number of nitrogens with zero attached hydrogens (tertiary/aromatic N) is 2. The highest BCUT2D eigenvalue weighted by Gasteiger charge is 2.55. The first-order valence-corrected chi connectivity index (χ1v) is 11.0. The topological polar surface area (TPSA) is 78.9 Å². The summed E-state index contributed by atoms with van der Waals surface area (Å²) in [6, 6.07) is 5.15. The maximum absolute atomic E-state index is 13.3. The Kier molecular flexibility index (Phi) is 6.77. The lowest BCUT2D eigenvalue weighted by atomic mass is 10.0. The van der Waals surface area contributed by atoms with Crippen LogP contribution in [0.2, 0.25) is 5.02 Å². The number of likely N-dealkylation sites (tertiary alicyclic amines) is 2. The van der Waals surface area contributed by atoms with Crippen molar-refractivity contribution in [3.05, 3.63) is 34.3 Å². The van der Waals surface area contributed by atoms with E-state index in [-0.39, 0.29) is 29.2 Å². The lowest BCUT2D eigenvalue weighted by molar-refractivity contribution is -0.789. The van der Waals surface area contributed by atoms with Gasteiger partial charge >= 0.3 is 12.1 Å². The molecule has 7 nitrogen and oxygen atoms in total. The standard InChI is InChI=1S/C22H32ClN3O4/c1-15-6-5-9-26(15,21(29)30-22(2,3)4)20(28)24-11-17-10-18(23)8-7-16(17)12-25-13-19(27)14-25/h7-8,10,15,19,27H,5-6,9,11-14H2,1-4H3/p+1/t15-,26?/m1/s1. The Morgan fingerprint density at radius 3 is 2.57 bits per heavy atom.